The van der Waals surface area contributed by atoms with Crippen LogP contribution in [0.4, 0.5) is 0 Å². The lowest BCUT2D eigenvalue weighted by Crippen LogP contribution is -2.36. The molecular weight excluding hydrogens is 384 g/mol. The van der Waals surface area contributed by atoms with Crippen molar-refractivity contribution in [2.75, 3.05) is 13.7 Å². The lowest BCUT2D eigenvalue weighted by atomic mass is 10.1. The molecule has 8 heteroatoms. The molecular formula is C22H26N4O4. The van der Waals surface area contributed by atoms with Crippen LogP contribution in [0.5, 0.6) is 5.75 Å². The predicted molar refractivity (Wildman–Crippen MR) is 111 cm³/mol. The average Bonchev–Trinajstić information content (AvgIpc) is 3.37. The molecule has 0 saturated heterocycles. The Balaban J connectivity index is 1.52. The maximum atomic E-state index is 12.2. The molecule has 2 amide bonds. The molecule has 2 heterocycles. The summed E-state index contributed by atoms with van der Waals surface area (Å²) in [6, 6.07) is 11.2. The number of aryl methyl sites for hydroxylation is 1. The van der Waals surface area contributed by atoms with Crippen molar-refractivity contribution in [3.8, 4) is 11.4 Å². The summed E-state index contributed by atoms with van der Waals surface area (Å²) in [4.78, 5) is 24.0. The standard InChI is InChI=1S/C22H26N4O4/c1-15-20(16(2)26(25-15)17-6-4-7-18(12-17)29-3)9-10-21(27)24-14-22(28)23-13-19-8-5-11-30-19/h4-8,11-12H,9-10,13-14H2,1-3H3,(H,23,28)(H,24,27). The molecule has 158 valence electrons. The molecule has 0 aliphatic rings. The molecule has 0 bridgehead atoms. The monoisotopic (exact) mass is 410 g/mol. The Morgan fingerprint density at radius 2 is 1.97 bits per heavy atom. The van der Waals surface area contributed by atoms with Gasteiger partial charge >= 0.3 is 0 Å². The number of ether oxygens (including phenoxy) is 1. The van der Waals surface area contributed by atoms with E-state index >= 15 is 0 Å². The number of hydrogen-bond donors (Lipinski definition) is 2. The normalized spacial score (nSPS) is 10.6. The molecule has 3 aromatic rings. The van der Waals surface area contributed by atoms with Gasteiger partial charge in [-0.25, -0.2) is 4.68 Å². The highest BCUT2D eigenvalue weighted by Gasteiger charge is 2.15. The van der Waals surface area contributed by atoms with Crippen molar-refractivity contribution in [2.45, 2.75) is 33.2 Å². The highest BCUT2D eigenvalue weighted by atomic mass is 16.5. The maximum absolute atomic E-state index is 12.2. The van der Waals surface area contributed by atoms with Gasteiger partial charge in [0.25, 0.3) is 0 Å². The lowest BCUT2D eigenvalue weighted by Gasteiger charge is -2.08. The number of benzene rings is 1. The molecule has 0 unspecified atom stereocenters. The van der Waals surface area contributed by atoms with Crippen molar-refractivity contribution in [3.05, 3.63) is 65.4 Å². The van der Waals surface area contributed by atoms with Gasteiger partial charge in [-0.3, -0.25) is 9.59 Å². The first kappa shape index (κ1) is 21.2. The molecule has 0 radical (unpaired) electrons. The van der Waals surface area contributed by atoms with Crippen LogP contribution in [0.25, 0.3) is 5.69 Å². The number of carbonyl (C=O) groups is 2. The number of aromatic nitrogens is 2. The van der Waals surface area contributed by atoms with Crippen molar-refractivity contribution >= 4 is 11.8 Å². The Morgan fingerprint density at radius 1 is 1.13 bits per heavy atom. The average molecular weight is 410 g/mol. The van der Waals surface area contributed by atoms with Gasteiger partial charge in [0.15, 0.2) is 0 Å². The van der Waals surface area contributed by atoms with E-state index in [-0.39, 0.29) is 24.8 Å². The Labute approximate surface area is 175 Å². The number of nitrogens with one attached hydrogen (secondary N) is 2. The number of hydrogen-bond acceptors (Lipinski definition) is 5. The molecule has 0 fully saturated rings. The predicted octanol–water partition coefficient (Wildman–Crippen LogP) is 2.46. The second kappa shape index (κ2) is 9.78. The van der Waals surface area contributed by atoms with Crippen molar-refractivity contribution in [2.24, 2.45) is 0 Å². The minimum atomic E-state index is -0.266. The molecule has 30 heavy (non-hydrogen) atoms. The number of furan rings is 1. The largest absolute Gasteiger partial charge is 0.497 e. The van der Waals surface area contributed by atoms with Gasteiger partial charge in [-0.1, -0.05) is 6.07 Å². The van der Waals surface area contributed by atoms with E-state index in [4.69, 9.17) is 9.15 Å². The van der Waals surface area contributed by atoms with E-state index < -0.39 is 0 Å². The van der Waals surface area contributed by atoms with Gasteiger partial charge < -0.3 is 19.8 Å². The Kier molecular flexibility index (Phi) is 6.90. The van der Waals surface area contributed by atoms with Crippen LogP contribution in [-0.4, -0.2) is 35.2 Å². The smallest absolute Gasteiger partial charge is 0.239 e. The van der Waals surface area contributed by atoms with Crippen molar-refractivity contribution in [3.63, 3.8) is 0 Å². The number of nitrogens with zero attached hydrogens (tertiary/aromatic N) is 2. The highest BCUT2D eigenvalue weighted by molar-refractivity contribution is 5.84. The summed E-state index contributed by atoms with van der Waals surface area (Å²) >= 11 is 0. The first-order valence-corrected chi connectivity index (χ1v) is 9.73. The summed E-state index contributed by atoms with van der Waals surface area (Å²) in [5.41, 5.74) is 3.78. The molecule has 0 spiro atoms. The van der Waals surface area contributed by atoms with E-state index in [0.29, 0.717) is 18.7 Å². The van der Waals surface area contributed by atoms with Gasteiger partial charge in [0.2, 0.25) is 11.8 Å². The third kappa shape index (κ3) is 5.28. The van der Waals surface area contributed by atoms with Crippen LogP contribution in [0.2, 0.25) is 0 Å². The van der Waals surface area contributed by atoms with Gasteiger partial charge in [0.05, 0.1) is 37.8 Å². The first-order chi connectivity index (χ1) is 14.5. The van der Waals surface area contributed by atoms with E-state index in [1.165, 1.54) is 0 Å². The van der Waals surface area contributed by atoms with Crippen LogP contribution in [0.15, 0.2) is 47.1 Å². The maximum Gasteiger partial charge on any atom is 0.239 e. The van der Waals surface area contributed by atoms with E-state index in [2.05, 4.69) is 15.7 Å². The third-order valence-corrected chi connectivity index (χ3v) is 4.83. The van der Waals surface area contributed by atoms with Crippen LogP contribution in [0.1, 0.15) is 29.1 Å². The number of amides is 2. The molecule has 0 saturated carbocycles. The minimum Gasteiger partial charge on any atom is -0.497 e. The van der Waals surface area contributed by atoms with Crippen LogP contribution >= 0.6 is 0 Å². The molecule has 1 aromatic carbocycles. The van der Waals surface area contributed by atoms with Crippen molar-refractivity contribution in [1.29, 1.82) is 0 Å². The van der Waals surface area contributed by atoms with E-state index in [1.54, 1.807) is 25.5 Å². The van der Waals surface area contributed by atoms with Crippen molar-refractivity contribution in [1.82, 2.24) is 20.4 Å². The Morgan fingerprint density at radius 3 is 2.70 bits per heavy atom. The Bertz CT molecular complexity index is 1010. The van der Waals surface area contributed by atoms with Crippen LogP contribution in [-0.2, 0) is 22.6 Å². The fourth-order valence-corrected chi connectivity index (χ4v) is 3.20. The zero-order valence-corrected chi connectivity index (χ0v) is 17.4. The zero-order chi connectivity index (χ0) is 21.5. The molecule has 0 aliphatic carbocycles. The fourth-order valence-electron chi connectivity index (χ4n) is 3.20. The summed E-state index contributed by atoms with van der Waals surface area (Å²) < 4.78 is 12.3. The van der Waals surface area contributed by atoms with Gasteiger partial charge in [-0.05, 0) is 50.1 Å². The molecule has 2 N–H and O–H groups in total. The van der Waals surface area contributed by atoms with Crippen LogP contribution < -0.4 is 15.4 Å². The van der Waals surface area contributed by atoms with Gasteiger partial charge in [-0.15, -0.1) is 0 Å². The highest BCUT2D eigenvalue weighted by Crippen LogP contribution is 2.22. The van der Waals surface area contributed by atoms with E-state index in [9.17, 15) is 9.59 Å². The second-order valence-corrected chi connectivity index (χ2v) is 6.90. The fraction of sp³-hybridized carbons (Fsp3) is 0.318. The van der Waals surface area contributed by atoms with E-state index in [0.717, 1.165) is 28.4 Å². The lowest BCUT2D eigenvalue weighted by molar-refractivity contribution is -0.126. The van der Waals surface area contributed by atoms with Crippen LogP contribution in [0, 0.1) is 13.8 Å². The first-order valence-electron chi connectivity index (χ1n) is 9.73. The number of carbonyl (C=O) groups excluding carboxylic acids is 2. The summed E-state index contributed by atoms with van der Waals surface area (Å²) in [5.74, 6) is 0.967. The number of methoxy groups -OCH3 is 1. The summed E-state index contributed by atoms with van der Waals surface area (Å²) in [6.07, 6.45) is 2.36. The molecule has 0 atom stereocenters. The second-order valence-electron chi connectivity index (χ2n) is 6.90. The summed E-state index contributed by atoms with van der Waals surface area (Å²) in [6.45, 7) is 4.14. The van der Waals surface area contributed by atoms with Crippen molar-refractivity contribution < 1.29 is 18.7 Å². The number of rotatable bonds is 9. The summed E-state index contributed by atoms with van der Waals surface area (Å²) in [5, 5.41) is 9.96. The molecule has 8 nitrogen and oxygen atoms in total. The van der Waals surface area contributed by atoms with Gasteiger partial charge in [-0.2, -0.15) is 5.10 Å². The van der Waals surface area contributed by atoms with Gasteiger partial charge in [0, 0.05) is 18.2 Å². The van der Waals surface area contributed by atoms with Crippen LogP contribution in [0.3, 0.4) is 0 Å². The minimum absolute atomic E-state index is 0.0689. The molecule has 3 rings (SSSR count). The topological polar surface area (TPSA) is 98.4 Å². The Hall–Kier alpha value is -3.55. The van der Waals surface area contributed by atoms with E-state index in [1.807, 2.05) is 42.8 Å². The molecule has 2 aromatic heterocycles. The van der Waals surface area contributed by atoms with Gasteiger partial charge in [0.1, 0.15) is 11.5 Å². The third-order valence-electron chi connectivity index (χ3n) is 4.83. The zero-order valence-electron chi connectivity index (χ0n) is 17.4. The SMILES string of the molecule is COc1cccc(-n2nc(C)c(CCC(=O)NCC(=O)NCc3ccco3)c2C)c1. The molecule has 0 aliphatic heterocycles. The summed E-state index contributed by atoms with van der Waals surface area (Å²) in [7, 11) is 1.63. The quantitative estimate of drug-likeness (QED) is 0.565.